The van der Waals surface area contributed by atoms with Gasteiger partial charge in [0.15, 0.2) is 0 Å². The molecule has 3 aromatic rings. The van der Waals surface area contributed by atoms with Crippen LogP contribution in [-0.4, -0.2) is 56.7 Å². The number of morpholine rings is 1. The van der Waals surface area contributed by atoms with Crippen LogP contribution in [-0.2, 0) is 15.7 Å². The van der Waals surface area contributed by atoms with Crippen molar-refractivity contribution in [2.45, 2.75) is 65.1 Å². The molecule has 1 aliphatic rings. The highest BCUT2D eigenvalue weighted by atomic mass is 19.4. The van der Waals surface area contributed by atoms with Crippen molar-refractivity contribution in [3.05, 3.63) is 69.3 Å². The lowest BCUT2D eigenvalue weighted by Gasteiger charge is -2.35. The molecule has 1 aromatic heterocycles. The number of aryl methyl sites for hydroxylation is 1. The first-order valence-electron chi connectivity index (χ1n) is 12.9. The summed E-state index contributed by atoms with van der Waals surface area (Å²) in [6.07, 6.45) is -4.91. The summed E-state index contributed by atoms with van der Waals surface area (Å²) in [5, 5.41) is 12.3. The van der Waals surface area contributed by atoms with Crippen molar-refractivity contribution in [1.29, 1.82) is 0 Å². The van der Waals surface area contributed by atoms with Gasteiger partial charge in [0.25, 0.3) is 11.5 Å². The maximum absolute atomic E-state index is 14.1. The Morgan fingerprint density at radius 1 is 1.10 bits per heavy atom. The number of carboxylic acid groups (broad SMARTS) is 1. The highest BCUT2D eigenvalue weighted by molar-refractivity contribution is 5.94. The Balaban J connectivity index is 1.66. The zero-order valence-electron chi connectivity index (χ0n) is 22.7. The van der Waals surface area contributed by atoms with Gasteiger partial charge in [0.1, 0.15) is 11.9 Å². The standard InChI is InChI=1S/C28H31F3N4O5/c1-14-12-34(13-15(2)40-14)25(36)19-6-8-20(9-7-19)32-16(3)21-10-22-24(11-23(21)28(29,30)31)33-18(5)35(26(22)37)17(4)27(38)39/h6-11,14-17,32H,12-13H2,1-5H3,(H,38,39). The maximum Gasteiger partial charge on any atom is 0.416 e. The summed E-state index contributed by atoms with van der Waals surface area (Å²) in [6, 6.07) is 6.20. The molecule has 4 unspecified atom stereocenters. The Bertz CT molecular complexity index is 1490. The molecule has 2 aromatic carbocycles. The van der Waals surface area contributed by atoms with Gasteiger partial charge in [0, 0.05) is 30.4 Å². The summed E-state index contributed by atoms with van der Waals surface area (Å²) < 4.78 is 48.9. The van der Waals surface area contributed by atoms with Crippen molar-refractivity contribution in [3.8, 4) is 0 Å². The monoisotopic (exact) mass is 560 g/mol. The fraction of sp³-hybridized carbons (Fsp3) is 0.429. The van der Waals surface area contributed by atoms with Gasteiger partial charge in [0.05, 0.1) is 28.7 Å². The molecular weight excluding hydrogens is 529 g/mol. The van der Waals surface area contributed by atoms with E-state index in [4.69, 9.17) is 4.74 Å². The number of rotatable bonds is 6. The van der Waals surface area contributed by atoms with Crippen LogP contribution in [0.15, 0.2) is 41.2 Å². The number of hydrogen-bond acceptors (Lipinski definition) is 6. The van der Waals surface area contributed by atoms with E-state index in [0.717, 1.165) is 16.7 Å². The van der Waals surface area contributed by atoms with Crippen LogP contribution in [0.4, 0.5) is 18.9 Å². The molecule has 1 amide bonds. The number of amides is 1. The molecule has 40 heavy (non-hydrogen) atoms. The number of anilines is 1. The van der Waals surface area contributed by atoms with Crippen molar-refractivity contribution in [2.24, 2.45) is 0 Å². The van der Waals surface area contributed by atoms with Crippen LogP contribution in [0.3, 0.4) is 0 Å². The van der Waals surface area contributed by atoms with Crippen molar-refractivity contribution in [2.75, 3.05) is 18.4 Å². The molecule has 0 bridgehead atoms. The number of hydrogen-bond donors (Lipinski definition) is 2. The lowest BCUT2D eigenvalue weighted by atomic mass is 9.98. The number of ether oxygens (including phenoxy) is 1. The van der Waals surface area contributed by atoms with Crippen LogP contribution >= 0.6 is 0 Å². The van der Waals surface area contributed by atoms with Gasteiger partial charge in [-0.1, -0.05) is 0 Å². The fourth-order valence-electron chi connectivity index (χ4n) is 5.11. The van der Waals surface area contributed by atoms with E-state index in [9.17, 15) is 32.7 Å². The zero-order chi connectivity index (χ0) is 29.5. The first-order chi connectivity index (χ1) is 18.7. The molecule has 4 atom stereocenters. The third-order valence-electron chi connectivity index (χ3n) is 6.99. The normalized spacial score (nSPS) is 19.4. The van der Waals surface area contributed by atoms with E-state index in [1.807, 2.05) is 13.8 Å². The second kappa shape index (κ2) is 10.9. The second-order valence-electron chi connectivity index (χ2n) is 10.2. The van der Waals surface area contributed by atoms with Crippen molar-refractivity contribution < 1.29 is 32.6 Å². The minimum Gasteiger partial charge on any atom is -0.480 e. The number of halogens is 3. The highest BCUT2D eigenvalue weighted by Gasteiger charge is 2.36. The molecule has 9 nitrogen and oxygen atoms in total. The molecule has 1 saturated heterocycles. The van der Waals surface area contributed by atoms with Gasteiger partial charge in [0.2, 0.25) is 0 Å². The number of carbonyl (C=O) groups excluding carboxylic acids is 1. The van der Waals surface area contributed by atoms with Crippen molar-refractivity contribution in [3.63, 3.8) is 0 Å². The summed E-state index contributed by atoms with van der Waals surface area (Å²) in [6.45, 7) is 8.91. The molecule has 2 N–H and O–H groups in total. The molecule has 0 spiro atoms. The Hall–Kier alpha value is -3.93. The summed E-state index contributed by atoms with van der Waals surface area (Å²) in [4.78, 5) is 43.5. The molecule has 214 valence electrons. The predicted octanol–water partition coefficient (Wildman–Crippen LogP) is 4.79. The predicted molar refractivity (Wildman–Crippen MR) is 142 cm³/mol. The number of aliphatic carboxylic acids is 1. The first kappa shape index (κ1) is 29.1. The highest BCUT2D eigenvalue weighted by Crippen LogP contribution is 2.37. The topological polar surface area (TPSA) is 114 Å². The number of carbonyl (C=O) groups is 2. The van der Waals surface area contributed by atoms with Crippen LogP contribution in [0.2, 0.25) is 0 Å². The Morgan fingerprint density at radius 2 is 1.70 bits per heavy atom. The molecule has 2 heterocycles. The van der Waals surface area contributed by atoms with E-state index in [1.165, 1.54) is 20.8 Å². The van der Waals surface area contributed by atoms with E-state index in [2.05, 4.69) is 10.3 Å². The van der Waals surface area contributed by atoms with Crippen molar-refractivity contribution in [1.82, 2.24) is 14.5 Å². The largest absolute Gasteiger partial charge is 0.480 e. The van der Waals surface area contributed by atoms with Crippen LogP contribution < -0.4 is 10.9 Å². The molecule has 0 aliphatic carbocycles. The smallest absolute Gasteiger partial charge is 0.416 e. The molecule has 1 fully saturated rings. The minimum atomic E-state index is -4.74. The van der Waals surface area contributed by atoms with Crippen LogP contribution in [0.5, 0.6) is 0 Å². The molecule has 12 heteroatoms. The van der Waals surface area contributed by atoms with Gasteiger partial charge in [-0.15, -0.1) is 0 Å². The third-order valence-corrected chi connectivity index (χ3v) is 6.99. The zero-order valence-corrected chi connectivity index (χ0v) is 22.7. The number of carboxylic acids is 1. The van der Waals surface area contributed by atoms with E-state index in [0.29, 0.717) is 24.3 Å². The molecule has 4 rings (SSSR count). The summed E-state index contributed by atoms with van der Waals surface area (Å²) >= 11 is 0. The molecule has 1 aliphatic heterocycles. The number of alkyl halides is 3. The molecule has 0 radical (unpaired) electrons. The fourth-order valence-corrected chi connectivity index (χ4v) is 5.11. The average molecular weight is 561 g/mol. The summed E-state index contributed by atoms with van der Waals surface area (Å²) in [5.41, 5.74) is -1.16. The number of fused-ring (bicyclic) bond motifs is 1. The lowest BCUT2D eigenvalue weighted by molar-refractivity contribution is -0.140. The van der Waals surface area contributed by atoms with Gasteiger partial charge in [-0.25, -0.2) is 9.78 Å². The summed E-state index contributed by atoms with van der Waals surface area (Å²) in [5.74, 6) is -1.44. The van der Waals surface area contributed by atoms with E-state index in [-0.39, 0.29) is 40.4 Å². The third kappa shape index (κ3) is 5.81. The Morgan fingerprint density at radius 3 is 2.25 bits per heavy atom. The van der Waals surface area contributed by atoms with Crippen molar-refractivity contribution >= 4 is 28.5 Å². The number of nitrogens with one attached hydrogen (secondary N) is 1. The molecular formula is C28H31F3N4O5. The summed E-state index contributed by atoms with van der Waals surface area (Å²) in [7, 11) is 0. The van der Waals surface area contributed by atoms with E-state index >= 15 is 0 Å². The maximum atomic E-state index is 14.1. The average Bonchev–Trinajstić information content (AvgIpc) is 2.86. The van der Waals surface area contributed by atoms with E-state index < -0.39 is 35.4 Å². The number of benzene rings is 2. The lowest BCUT2D eigenvalue weighted by Crippen LogP contribution is -2.48. The minimum absolute atomic E-state index is 0.00456. The Kier molecular flexibility index (Phi) is 7.93. The van der Waals surface area contributed by atoms with Gasteiger partial charge in [-0.05, 0) is 76.6 Å². The van der Waals surface area contributed by atoms with E-state index in [1.54, 1.807) is 29.2 Å². The van der Waals surface area contributed by atoms with Crippen LogP contribution in [0.1, 0.15) is 67.1 Å². The quantitative estimate of drug-likeness (QED) is 0.446. The second-order valence-corrected chi connectivity index (χ2v) is 10.2. The van der Waals surface area contributed by atoms with Gasteiger partial charge in [-0.2, -0.15) is 13.2 Å². The first-order valence-corrected chi connectivity index (χ1v) is 12.9. The number of nitrogens with zero attached hydrogens (tertiary/aromatic N) is 3. The van der Waals surface area contributed by atoms with Gasteiger partial charge >= 0.3 is 12.1 Å². The SMILES string of the molecule is Cc1nc2cc(C(F)(F)F)c(C(C)Nc3ccc(C(=O)N4CC(C)OC(C)C4)cc3)cc2c(=O)n1C(C)C(=O)O. The van der Waals surface area contributed by atoms with Gasteiger partial charge < -0.3 is 20.1 Å². The Labute approximate surface area is 228 Å². The molecule has 0 saturated carbocycles. The van der Waals surface area contributed by atoms with Crippen LogP contribution in [0, 0.1) is 6.92 Å². The van der Waals surface area contributed by atoms with Crippen LogP contribution in [0.25, 0.3) is 10.9 Å². The number of aromatic nitrogens is 2. The van der Waals surface area contributed by atoms with Gasteiger partial charge in [-0.3, -0.25) is 14.2 Å².